The van der Waals surface area contributed by atoms with E-state index in [2.05, 4.69) is 31.2 Å². The number of rotatable bonds is 2. The van der Waals surface area contributed by atoms with Crippen molar-refractivity contribution in [1.29, 1.82) is 0 Å². The maximum atomic E-state index is 7.39. The van der Waals surface area contributed by atoms with Crippen LogP contribution >= 0.6 is 11.8 Å². The first-order valence-electron chi connectivity index (χ1n) is 5.05. The van der Waals surface area contributed by atoms with Gasteiger partial charge >= 0.3 is 0 Å². The Balaban J connectivity index is 2.15. The van der Waals surface area contributed by atoms with Crippen LogP contribution in [-0.2, 0) is 0 Å². The molecule has 0 amide bonds. The van der Waals surface area contributed by atoms with Crippen LogP contribution in [-0.4, -0.2) is 0 Å². The van der Waals surface area contributed by atoms with E-state index in [0.29, 0.717) is 6.04 Å². The smallest absolute Gasteiger partial charge is 0.0623 e. The molecule has 0 aliphatic rings. The number of hydrogen-bond acceptors (Lipinski definition) is 1. The molecule has 0 nitrogen and oxygen atoms in total. The van der Waals surface area contributed by atoms with Gasteiger partial charge in [0.1, 0.15) is 0 Å². The SMILES string of the molecule is [2H]c1ccc(Sc2ccc(C)cc2)cc1. The summed E-state index contributed by atoms with van der Waals surface area (Å²) < 4.78 is 7.39. The molecule has 0 aliphatic carbocycles. The van der Waals surface area contributed by atoms with Crippen LogP contribution in [0, 0.1) is 6.92 Å². The molecule has 0 N–H and O–H groups in total. The predicted octanol–water partition coefficient (Wildman–Crippen LogP) is 4.15. The van der Waals surface area contributed by atoms with Gasteiger partial charge in [0.05, 0.1) is 1.37 Å². The van der Waals surface area contributed by atoms with E-state index in [1.807, 2.05) is 24.3 Å². The van der Waals surface area contributed by atoms with Crippen LogP contribution < -0.4 is 0 Å². The van der Waals surface area contributed by atoms with Gasteiger partial charge in [-0.15, -0.1) is 0 Å². The molecule has 0 fully saturated rings. The van der Waals surface area contributed by atoms with Crippen LogP contribution in [0.15, 0.2) is 64.4 Å². The Labute approximate surface area is 90.4 Å². The summed E-state index contributed by atoms with van der Waals surface area (Å²) in [4.78, 5) is 2.41. The molecule has 0 saturated carbocycles. The molecule has 0 aliphatic heterocycles. The van der Waals surface area contributed by atoms with E-state index in [1.165, 1.54) is 15.4 Å². The van der Waals surface area contributed by atoms with Gasteiger partial charge in [0, 0.05) is 9.79 Å². The van der Waals surface area contributed by atoms with E-state index in [9.17, 15) is 0 Å². The van der Waals surface area contributed by atoms with E-state index in [-0.39, 0.29) is 0 Å². The van der Waals surface area contributed by atoms with E-state index >= 15 is 0 Å². The summed E-state index contributed by atoms with van der Waals surface area (Å²) in [7, 11) is 0. The molecule has 14 heavy (non-hydrogen) atoms. The lowest BCUT2D eigenvalue weighted by Gasteiger charge is -2.01. The third kappa shape index (κ3) is 2.39. The third-order valence-corrected chi connectivity index (χ3v) is 2.96. The topological polar surface area (TPSA) is 0 Å². The van der Waals surface area contributed by atoms with Gasteiger partial charge in [-0.25, -0.2) is 0 Å². The molecule has 0 bridgehead atoms. The quantitative estimate of drug-likeness (QED) is 0.703. The maximum absolute atomic E-state index is 7.39. The summed E-state index contributed by atoms with van der Waals surface area (Å²) >= 11 is 1.72. The normalized spacial score (nSPS) is 11.1. The zero-order chi connectivity index (χ0) is 10.7. The largest absolute Gasteiger partial charge is 0.0901 e. The minimum Gasteiger partial charge on any atom is -0.0901 e. The second-order valence-electron chi connectivity index (χ2n) is 3.15. The van der Waals surface area contributed by atoms with Crippen molar-refractivity contribution in [2.75, 3.05) is 0 Å². The molecule has 2 aromatic rings. The first kappa shape index (κ1) is 8.13. The fourth-order valence-electron chi connectivity index (χ4n) is 1.18. The lowest BCUT2D eigenvalue weighted by atomic mass is 10.2. The molecule has 0 heterocycles. The van der Waals surface area contributed by atoms with Crippen LogP contribution in [0.4, 0.5) is 0 Å². The molecule has 0 atom stereocenters. The zero-order valence-corrected chi connectivity index (χ0v) is 8.84. The molecule has 0 aromatic heterocycles. The molecule has 1 heteroatoms. The van der Waals surface area contributed by atoms with Gasteiger partial charge in [-0.2, -0.15) is 0 Å². The molecule has 0 spiro atoms. The van der Waals surface area contributed by atoms with Crippen LogP contribution in [0.1, 0.15) is 6.93 Å². The van der Waals surface area contributed by atoms with Gasteiger partial charge in [-0.3, -0.25) is 0 Å². The highest BCUT2D eigenvalue weighted by Gasteiger charge is 1.94. The van der Waals surface area contributed by atoms with E-state index in [0.717, 1.165) is 0 Å². The van der Waals surface area contributed by atoms with Crippen LogP contribution in [0.5, 0.6) is 0 Å². The minimum absolute atomic E-state index is 0.559. The molecular weight excluding hydrogens is 188 g/mol. The molecular formula is C13H12S. The van der Waals surface area contributed by atoms with Crippen molar-refractivity contribution < 1.29 is 1.37 Å². The Morgan fingerprint density at radius 3 is 2.14 bits per heavy atom. The zero-order valence-electron chi connectivity index (χ0n) is 9.03. The molecule has 2 rings (SSSR count). The summed E-state index contributed by atoms with van der Waals surface area (Å²) in [5, 5.41) is 0. The third-order valence-electron chi connectivity index (χ3n) is 1.94. The molecule has 0 radical (unpaired) electrons. The van der Waals surface area contributed by atoms with Crippen molar-refractivity contribution in [3.05, 3.63) is 60.1 Å². The lowest BCUT2D eigenvalue weighted by molar-refractivity contribution is 1.36. The number of benzene rings is 2. The second kappa shape index (κ2) is 4.34. The van der Waals surface area contributed by atoms with Crippen molar-refractivity contribution in [2.45, 2.75) is 16.7 Å². The van der Waals surface area contributed by atoms with E-state index < -0.39 is 0 Å². The fourth-order valence-corrected chi connectivity index (χ4v) is 2.00. The van der Waals surface area contributed by atoms with Crippen molar-refractivity contribution in [1.82, 2.24) is 0 Å². The second-order valence-corrected chi connectivity index (χ2v) is 4.30. The summed E-state index contributed by atoms with van der Waals surface area (Å²) in [6, 6.07) is 16.6. The Morgan fingerprint density at radius 1 is 0.929 bits per heavy atom. The van der Waals surface area contributed by atoms with Gasteiger partial charge in [0.15, 0.2) is 0 Å². The summed E-state index contributed by atoms with van der Waals surface area (Å²) in [5.74, 6) is 0. The summed E-state index contributed by atoms with van der Waals surface area (Å²) in [6.07, 6.45) is 0. The monoisotopic (exact) mass is 201 g/mol. The Bertz CT molecular complexity index is 388. The highest BCUT2D eigenvalue weighted by molar-refractivity contribution is 7.99. The van der Waals surface area contributed by atoms with Crippen LogP contribution in [0.25, 0.3) is 0 Å². The first-order chi connectivity index (χ1) is 7.24. The molecule has 0 unspecified atom stereocenters. The van der Waals surface area contributed by atoms with Crippen molar-refractivity contribution in [3.8, 4) is 0 Å². The van der Waals surface area contributed by atoms with Crippen molar-refractivity contribution in [3.63, 3.8) is 0 Å². The number of hydrogen-bond donors (Lipinski definition) is 0. The Hall–Kier alpha value is -1.21. The summed E-state index contributed by atoms with van der Waals surface area (Å²) in [6.45, 7) is 2.09. The van der Waals surface area contributed by atoms with Gasteiger partial charge in [0.2, 0.25) is 0 Å². The van der Waals surface area contributed by atoms with Crippen LogP contribution in [0.3, 0.4) is 0 Å². The molecule has 2 aromatic carbocycles. The standard InChI is InChI=1S/C13H12S/c1-11-7-9-13(10-8-11)14-12-5-3-2-4-6-12/h2-10H,1H3/i2D. The predicted molar refractivity (Wildman–Crippen MR) is 61.7 cm³/mol. The molecule has 0 saturated heterocycles. The minimum atomic E-state index is 0.559. The Morgan fingerprint density at radius 2 is 1.50 bits per heavy atom. The molecule has 70 valence electrons. The van der Waals surface area contributed by atoms with Crippen molar-refractivity contribution in [2.24, 2.45) is 0 Å². The lowest BCUT2D eigenvalue weighted by Crippen LogP contribution is -1.74. The summed E-state index contributed by atoms with van der Waals surface area (Å²) in [5.41, 5.74) is 1.28. The highest BCUT2D eigenvalue weighted by atomic mass is 32.2. The average Bonchev–Trinajstić information content (AvgIpc) is 2.25. The highest BCUT2D eigenvalue weighted by Crippen LogP contribution is 2.26. The maximum Gasteiger partial charge on any atom is 0.0623 e. The first-order valence-corrected chi connectivity index (χ1v) is 5.37. The van der Waals surface area contributed by atoms with Gasteiger partial charge < -0.3 is 0 Å². The van der Waals surface area contributed by atoms with E-state index in [1.54, 1.807) is 11.8 Å². The van der Waals surface area contributed by atoms with Crippen LogP contribution in [0.2, 0.25) is 0 Å². The van der Waals surface area contributed by atoms with Crippen molar-refractivity contribution >= 4 is 11.8 Å². The fraction of sp³-hybridized carbons (Fsp3) is 0.0769. The average molecular weight is 201 g/mol. The van der Waals surface area contributed by atoms with Gasteiger partial charge in [0.25, 0.3) is 0 Å². The Kier molecular flexibility index (Phi) is 2.52. The number of aryl methyl sites for hydroxylation is 1. The van der Waals surface area contributed by atoms with Gasteiger partial charge in [-0.1, -0.05) is 47.6 Å². The van der Waals surface area contributed by atoms with Gasteiger partial charge in [-0.05, 0) is 31.2 Å². The van der Waals surface area contributed by atoms with E-state index in [4.69, 9.17) is 1.37 Å².